The summed E-state index contributed by atoms with van der Waals surface area (Å²) in [4.78, 5) is 0. The van der Waals surface area contributed by atoms with Gasteiger partial charge in [0.05, 0.1) is 18.8 Å². The van der Waals surface area contributed by atoms with Crippen molar-refractivity contribution >= 4 is 37.5 Å². The first-order chi connectivity index (χ1) is 9.52. The number of anilines is 1. The molecule has 106 valence electrons. The van der Waals surface area contributed by atoms with E-state index in [1.54, 1.807) is 7.11 Å². The molecule has 0 aliphatic rings. The molecule has 0 bridgehead atoms. The highest BCUT2D eigenvalue weighted by atomic mass is 79.9. The second kappa shape index (κ2) is 6.64. The van der Waals surface area contributed by atoms with Gasteiger partial charge in [0.2, 0.25) is 0 Å². The van der Waals surface area contributed by atoms with Crippen LogP contribution in [0.1, 0.15) is 24.1 Å². The van der Waals surface area contributed by atoms with Crippen LogP contribution >= 0.6 is 31.9 Å². The van der Waals surface area contributed by atoms with Gasteiger partial charge >= 0.3 is 0 Å². The van der Waals surface area contributed by atoms with Crippen molar-refractivity contribution in [2.24, 2.45) is 0 Å². The van der Waals surface area contributed by atoms with Crippen LogP contribution in [0.2, 0.25) is 0 Å². The molecule has 20 heavy (non-hydrogen) atoms. The summed E-state index contributed by atoms with van der Waals surface area (Å²) in [7, 11) is 1.70. The van der Waals surface area contributed by atoms with Crippen LogP contribution in [0.4, 0.5) is 5.69 Å². The van der Waals surface area contributed by atoms with Crippen LogP contribution in [-0.4, -0.2) is 7.11 Å². The van der Waals surface area contributed by atoms with E-state index in [0.29, 0.717) is 0 Å². The van der Waals surface area contributed by atoms with E-state index >= 15 is 0 Å². The second-order valence-electron chi connectivity index (χ2n) is 4.71. The summed E-state index contributed by atoms with van der Waals surface area (Å²) < 4.78 is 7.52. The molecular weight excluding hydrogens is 382 g/mol. The summed E-state index contributed by atoms with van der Waals surface area (Å²) in [5, 5.41) is 3.52. The van der Waals surface area contributed by atoms with Crippen LogP contribution in [0.15, 0.2) is 45.3 Å². The summed E-state index contributed by atoms with van der Waals surface area (Å²) in [6.07, 6.45) is 0. The molecule has 0 amide bonds. The Morgan fingerprint density at radius 3 is 2.35 bits per heavy atom. The molecule has 0 saturated heterocycles. The highest BCUT2D eigenvalue weighted by molar-refractivity contribution is 9.11. The molecule has 0 heterocycles. The zero-order chi connectivity index (χ0) is 14.7. The molecule has 2 aromatic carbocycles. The van der Waals surface area contributed by atoms with Gasteiger partial charge < -0.3 is 10.1 Å². The monoisotopic (exact) mass is 397 g/mol. The lowest BCUT2D eigenvalue weighted by atomic mass is 10.0. The first-order valence-electron chi connectivity index (χ1n) is 6.38. The molecule has 0 aromatic heterocycles. The van der Waals surface area contributed by atoms with Crippen LogP contribution in [-0.2, 0) is 0 Å². The van der Waals surface area contributed by atoms with E-state index in [1.165, 1.54) is 5.56 Å². The Labute approximate surface area is 136 Å². The largest absolute Gasteiger partial charge is 0.496 e. The topological polar surface area (TPSA) is 21.3 Å². The third-order valence-electron chi connectivity index (χ3n) is 3.18. The lowest BCUT2D eigenvalue weighted by Gasteiger charge is -2.20. The smallest absolute Gasteiger partial charge is 0.124 e. The number of hydrogen-bond donors (Lipinski definition) is 1. The van der Waals surface area contributed by atoms with Crippen molar-refractivity contribution < 1.29 is 4.74 Å². The molecule has 2 nitrogen and oxygen atoms in total. The number of benzene rings is 2. The zero-order valence-corrected chi connectivity index (χ0v) is 14.9. The molecule has 1 atom stereocenters. The molecule has 4 heteroatoms. The predicted octanol–water partition coefficient (Wildman–Crippen LogP) is 5.70. The maximum absolute atomic E-state index is 5.46. The lowest BCUT2D eigenvalue weighted by Crippen LogP contribution is -2.09. The second-order valence-corrected chi connectivity index (χ2v) is 6.42. The Kier molecular flexibility index (Phi) is 5.11. The maximum Gasteiger partial charge on any atom is 0.124 e. The van der Waals surface area contributed by atoms with Gasteiger partial charge in [-0.3, -0.25) is 0 Å². The summed E-state index contributed by atoms with van der Waals surface area (Å²) in [5.74, 6) is 0.902. The summed E-state index contributed by atoms with van der Waals surface area (Å²) in [5.41, 5.74) is 3.42. The van der Waals surface area contributed by atoms with Gasteiger partial charge in [-0.2, -0.15) is 0 Å². The fourth-order valence-electron chi connectivity index (χ4n) is 2.12. The molecule has 0 aliphatic carbocycles. The SMILES string of the molecule is COc1ccc(C)cc1C(C)Nc1c(Br)cccc1Br. The number of halogens is 2. The van der Waals surface area contributed by atoms with Crippen LogP contribution < -0.4 is 10.1 Å². The fraction of sp³-hybridized carbons (Fsp3) is 0.250. The van der Waals surface area contributed by atoms with Crippen molar-refractivity contribution in [3.8, 4) is 5.75 Å². The fourth-order valence-corrected chi connectivity index (χ4v) is 3.35. The predicted molar refractivity (Wildman–Crippen MR) is 91.6 cm³/mol. The molecule has 0 spiro atoms. The van der Waals surface area contributed by atoms with Crippen molar-refractivity contribution in [3.05, 3.63) is 56.5 Å². The van der Waals surface area contributed by atoms with Gasteiger partial charge in [-0.25, -0.2) is 0 Å². The molecular formula is C16H17Br2NO. The third-order valence-corrected chi connectivity index (χ3v) is 4.50. The number of aryl methyl sites for hydroxylation is 1. The summed E-state index contributed by atoms with van der Waals surface area (Å²) in [6.45, 7) is 4.22. The number of nitrogens with one attached hydrogen (secondary N) is 1. The highest BCUT2D eigenvalue weighted by Gasteiger charge is 2.14. The Bertz CT molecular complexity index is 593. The molecule has 0 fully saturated rings. The van der Waals surface area contributed by atoms with Gasteiger partial charge in [0.1, 0.15) is 5.75 Å². The first kappa shape index (κ1) is 15.4. The van der Waals surface area contributed by atoms with Crippen LogP contribution in [0.3, 0.4) is 0 Å². The van der Waals surface area contributed by atoms with E-state index in [-0.39, 0.29) is 6.04 Å². The van der Waals surface area contributed by atoms with Gasteiger partial charge in [-0.1, -0.05) is 23.8 Å². The number of hydrogen-bond acceptors (Lipinski definition) is 2. The van der Waals surface area contributed by atoms with Crippen molar-refractivity contribution in [2.75, 3.05) is 12.4 Å². The summed E-state index contributed by atoms with van der Waals surface area (Å²) in [6, 6.07) is 12.4. The number of rotatable bonds is 4. The molecule has 1 unspecified atom stereocenters. The molecule has 0 saturated carbocycles. The average Bonchev–Trinajstić information content (AvgIpc) is 2.43. The third kappa shape index (κ3) is 3.36. The highest BCUT2D eigenvalue weighted by Crippen LogP contribution is 2.35. The molecule has 0 radical (unpaired) electrons. The standard InChI is InChI=1S/C16H17Br2NO/c1-10-7-8-15(20-3)12(9-10)11(2)19-16-13(17)5-4-6-14(16)18/h4-9,11,19H,1-3H3. The lowest BCUT2D eigenvalue weighted by molar-refractivity contribution is 0.408. The zero-order valence-electron chi connectivity index (χ0n) is 11.7. The Hall–Kier alpha value is -1.000. The minimum absolute atomic E-state index is 0.139. The van der Waals surface area contributed by atoms with E-state index < -0.39 is 0 Å². The summed E-state index contributed by atoms with van der Waals surface area (Å²) >= 11 is 7.15. The van der Waals surface area contributed by atoms with Gasteiger partial charge in [-0.15, -0.1) is 0 Å². The quantitative estimate of drug-likeness (QED) is 0.712. The van der Waals surface area contributed by atoms with E-state index in [2.05, 4.69) is 63.2 Å². The van der Waals surface area contributed by atoms with E-state index in [1.807, 2.05) is 24.3 Å². The van der Waals surface area contributed by atoms with Crippen molar-refractivity contribution in [1.29, 1.82) is 0 Å². The van der Waals surface area contributed by atoms with Crippen molar-refractivity contribution in [2.45, 2.75) is 19.9 Å². The number of para-hydroxylation sites is 1. The van der Waals surface area contributed by atoms with Gasteiger partial charge in [0.25, 0.3) is 0 Å². The van der Waals surface area contributed by atoms with Crippen LogP contribution in [0.25, 0.3) is 0 Å². The maximum atomic E-state index is 5.46. The van der Waals surface area contributed by atoms with Crippen molar-refractivity contribution in [1.82, 2.24) is 0 Å². The minimum atomic E-state index is 0.139. The molecule has 2 aromatic rings. The Morgan fingerprint density at radius 1 is 1.10 bits per heavy atom. The van der Waals surface area contributed by atoms with Crippen molar-refractivity contribution in [3.63, 3.8) is 0 Å². The van der Waals surface area contributed by atoms with Crippen LogP contribution in [0.5, 0.6) is 5.75 Å². The first-order valence-corrected chi connectivity index (χ1v) is 7.96. The molecule has 2 rings (SSSR count). The molecule has 0 aliphatic heterocycles. The van der Waals surface area contributed by atoms with E-state index in [4.69, 9.17) is 4.74 Å². The number of ether oxygens (including phenoxy) is 1. The van der Waals surface area contributed by atoms with Gasteiger partial charge in [-0.05, 0) is 63.9 Å². The normalized spacial score (nSPS) is 12.1. The molecule has 1 N–H and O–H groups in total. The van der Waals surface area contributed by atoms with Gasteiger partial charge in [0, 0.05) is 14.5 Å². The van der Waals surface area contributed by atoms with Gasteiger partial charge in [0.15, 0.2) is 0 Å². The average molecular weight is 399 g/mol. The van der Waals surface area contributed by atoms with Crippen LogP contribution in [0, 0.1) is 6.92 Å². The minimum Gasteiger partial charge on any atom is -0.496 e. The Balaban J connectivity index is 2.33. The van der Waals surface area contributed by atoms with E-state index in [9.17, 15) is 0 Å². The Morgan fingerprint density at radius 2 is 1.75 bits per heavy atom. The van der Waals surface area contributed by atoms with E-state index in [0.717, 1.165) is 25.9 Å². The number of methoxy groups -OCH3 is 1.